The van der Waals surface area contributed by atoms with E-state index in [4.69, 9.17) is 61.1 Å². The molecular weight excluding hydrogens is 691 g/mol. The van der Waals surface area contributed by atoms with Gasteiger partial charge in [0, 0.05) is 25.0 Å². The third-order valence-corrected chi connectivity index (χ3v) is 7.72. The van der Waals surface area contributed by atoms with E-state index in [1.165, 1.54) is 0 Å². The standard InChI is InChI=1S/2C18H26ClNO5/c2*1-12(2)24-14-8-16(19)18(20-9-14)25-15-10-22-17(23-11-15)7-5-4-6-13(3)21/h2*8-9,12,15,17H,4-7,10-11H2,1-3H3. The molecule has 2 aromatic heterocycles. The Morgan fingerprint density at radius 2 is 1.04 bits per heavy atom. The SMILES string of the molecule is CC(=O)CCCCC1OCC(Oc2ncc(OC(C)C)cc2Cl)CO1.CC(=O)CCCCC1OCC(Oc2ncc(OC(C)C)cc2Cl)CO1. The third-order valence-electron chi connectivity index (χ3n) is 7.17. The first-order chi connectivity index (χ1) is 23.9. The fraction of sp³-hybridized carbons (Fsp3) is 0.667. The van der Waals surface area contributed by atoms with E-state index in [-0.39, 0.29) is 48.6 Å². The number of Topliss-reactive ketones (excluding diaryl/α,β-unsaturated/α-hetero) is 2. The average Bonchev–Trinajstić information content (AvgIpc) is 3.05. The molecule has 2 saturated heterocycles. The predicted octanol–water partition coefficient (Wildman–Crippen LogP) is 7.58. The molecule has 2 fully saturated rings. The van der Waals surface area contributed by atoms with Crippen LogP contribution in [0.15, 0.2) is 24.5 Å². The normalized spacial score (nSPS) is 20.5. The van der Waals surface area contributed by atoms with Gasteiger partial charge in [0.15, 0.2) is 12.6 Å². The van der Waals surface area contributed by atoms with Crippen molar-refractivity contribution in [2.45, 2.75) is 130 Å². The van der Waals surface area contributed by atoms with Gasteiger partial charge in [-0.2, -0.15) is 0 Å². The van der Waals surface area contributed by atoms with E-state index in [9.17, 15) is 9.59 Å². The Balaban J connectivity index is 0.000000270. The zero-order chi connectivity index (χ0) is 36.5. The first kappa shape index (κ1) is 41.7. The van der Waals surface area contributed by atoms with Gasteiger partial charge in [-0.25, -0.2) is 9.97 Å². The van der Waals surface area contributed by atoms with Crippen molar-refractivity contribution in [3.8, 4) is 23.3 Å². The lowest BCUT2D eigenvalue weighted by Crippen LogP contribution is -2.39. The molecule has 0 atom stereocenters. The van der Waals surface area contributed by atoms with Crippen molar-refractivity contribution in [3.05, 3.63) is 34.6 Å². The Labute approximate surface area is 305 Å². The van der Waals surface area contributed by atoms with Crippen LogP contribution in [0.5, 0.6) is 23.3 Å². The molecule has 2 aromatic rings. The zero-order valence-corrected chi connectivity index (χ0v) is 31.5. The third kappa shape index (κ3) is 16.5. The average molecular weight is 744 g/mol. The quantitative estimate of drug-likeness (QED) is 0.139. The highest BCUT2D eigenvalue weighted by atomic mass is 35.5. The summed E-state index contributed by atoms with van der Waals surface area (Å²) in [5.74, 6) is 2.33. The molecule has 50 heavy (non-hydrogen) atoms. The molecule has 0 N–H and O–H groups in total. The number of hydrogen-bond acceptors (Lipinski definition) is 12. The van der Waals surface area contributed by atoms with Crippen LogP contribution >= 0.6 is 23.2 Å². The number of pyridine rings is 2. The van der Waals surface area contributed by atoms with E-state index < -0.39 is 0 Å². The van der Waals surface area contributed by atoms with Gasteiger partial charge in [-0.1, -0.05) is 23.2 Å². The Morgan fingerprint density at radius 1 is 0.680 bits per heavy atom. The van der Waals surface area contributed by atoms with Crippen LogP contribution in [0.4, 0.5) is 0 Å². The van der Waals surface area contributed by atoms with E-state index in [0.29, 0.717) is 72.6 Å². The highest BCUT2D eigenvalue weighted by Gasteiger charge is 2.26. The van der Waals surface area contributed by atoms with Crippen LogP contribution in [0.3, 0.4) is 0 Å². The molecule has 0 radical (unpaired) electrons. The first-order valence-corrected chi connectivity index (χ1v) is 18.1. The number of carbonyl (C=O) groups is 2. The Hall–Kier alpha value is -2.74. The largest absolute Gasteiger partial charge is 0.489 e. The highest BCUT2D eigenvalue weighted by Crippen LogP contribution is 2.29. The van der Waals surface area contributed by atoms with Gasteiger partial charge in [-0.15, -0.1) is 0 Å². The summed E-state index contributed by atoms with van der Waals surface area (Å²) < 4.78 is 45.2. The summed E-state index contributed by atoms with van der Waals surface area (Å²) in [5.41, 5.74) is 0. The summed E-state index contributed by atoms with van der Waals surface area (Å²) >= 11 is 12.4. The zero-order valence-electron chi connectivity index (χ0n) is 30.0. The van der Waals surface area contributed by atoms with Crippen molar-refractivity contribution in [2.24, 2.45) is 0 Å². The van der Waals surface area contributed by atoms with Crippen LogP contribution in [0.2, 0.25) is 10.0 Å². The van der Waals surface area contributed by atoms with Crippen LogP contribution < -0.4 is 18.9 Å². The maximum atomic E-state index is 10.9. The molecule has 12 nitrogen and oxygen atoms in total. The summed E-state index contributed by atoms with van der Waals surface area (Å²) in [6.45, 7) is 12.6. The lowest BCUT2D eigenvalue weighted by Gasteiger charge is -2.29. The minimum Gasteiger partial charge on any atom is -0.489 e. The van der Waals surface area contributed by atoms with Crippen molar-refractivity contribution in [2.75, 3.05) is 26.4 Å². The van der Waals surface area contributed by atoms with Crippen molar-refractivity contribution in [1.82, 2.24) is 9.97 Å². The second-order valence-corrected chi connectivity index (χ2v) is 13.6. The molecule has 2 aliphatic heterocycles. The molecular formula is C36H52Cl2N2O10. The topological polar surface area (TPSA) is 134 Å². The fourth-order valence-corrected chi connectivity index (χ4v) is 5.27. The molecule has 0 amide bonds. The number of nitrogens with zero attached hydrogens (tertiary/aromatic N) is 2. The van der Waals surface area contributed by atoms with E-state index >= 15 is 0 Å². The molecule has 0 unspecified atom stereocenters. The van der Waals surface area contributed by atoms with Gasteiger partial charge < -0.3 is 47.5 Å². The molecule has 4 rings (SSSR count). The Kier molecular flexibility index (Phi) is 18.5. The fourth-order valence-electron chi connectivity index (χ4n) is 4.87. The van der Waals surface area contributed by atoms with E-state index in [2.05, 4.69) is 9.97 Å². The lowest BCUT2D eigenvalue weighted by atomic mass is 10.1. The molecule has 0 bridgehead atoms. The van der Waals surface area contributed by atoms with Gasteiger partial charge in [0.05, 0.1) is 51.0 Å². The molecule has 0 spiro atoms. The number of carbonyl (C=O) groups excluding carboxylic acids is 2. The minimum absolute atomic E-state index is 0.0529. The van der Waals surface area contributed by atoms with Gasteiger partial charge in [0.1, 0.15) is 45.3 Å². The van der Waals surface area contributed by atoms with Crippen molar-refractivity contribution in [3.63, 3.8) is 0 Å². The molecule has 280 valence electrons. The first-order valence-electron chi connectivity index (χ1n) is 17.3. The van der Waals surface area contributed by atoms with Gasteiger partial charge >= 0.3 is 0 Å². The maximum Gasteiger partial charge on any atom is 0.233 e. The Bertz CT molecular complexity index is 1220. The smallest absolute Gasteiger partial charge is 0.233 e. The van der Waals surface area contributed by atoms with Gasteiger partial charge in [-0.05, 0) is 80.1 Å². The summed E-state index contributed by atoms with van der Waals surface area (Å²) in [6.07, 6.45) is 8.60. The van der Waals surface area contributed by atoms with E-state index in [1.54, 1.807) is 38.4 Å². The molecule has 0 aliphatic carbocycles. The van der Waals surface area contributed by atoms with Crippen LogP contribution in [-0.2, 0) is 28.5 Å². The molecule has 14 heteroatoms. The number of rotatable bonds is 18. The summed E-state index contributed by atoms with van der Waals surface area (Å²) in [5, 5.41) is 0.786. The Morgan fingerprint density at radius 3 is 1.34 bits per heavy atom. The number of ether oxygens (including phenoxy) is 8. The summed E-state index contributed by atoms with van der Waals surface area (Å²) in [4.78, 5) is 30.2. The van der Waals surface area contributed by atoms with Gasteiger partial charge in [0.2, 0.25) is 11.8 Å². The number of halogens is 2. The van der Waals surface area contributed by atoms with Crippen LogP contribution in [0.1, 0.15) is 92.9 Å². The molecule has 0 saturated carbocycles. The van der Waals surface area contributed by atoms with E-state index in [1.807, 2.05) is 27.7 Å². The second-order valence-electron chi connectivity index (χ2n) is 12.8. The second kappa shape index (κ2) is 22.3. The number of ketones is 2. The van der Waals surface area contributed by atoms with Crippen molar-refractivity contribution in [1.29, 1.82) is 0 Å². The number of unbranched alkanes of at least 4 members (excludes halogenated alkanes) is 2. The van der Waals surface area contributed by atoms with Gasteiger partial charge in [-0.3, -0.25) is 0 Å². The molecule has 0 aromatic carbocycles. The molecule has 4 heterocycles. The molecule has 2 aliphatic rings. The number of aromatic nitrogens is 2. The maximum absolute atomic E-state index is 10.9. The predicted molar refractivity (Wildman–Crippen MR) is 189 cm³/mol. The van der Waals surface area contributed by atoms with Crippen LogP contribution in [0.25, 0.3) is 0 Å². The summed E-state index contributed by atoms with van der Waals surface area (Å²) in [6, 6.07) is 3.37. The minimum atomic E-state index is -0.254. The highest BCUT2D eigenvalue weighted by molar-refractivity contribution is 6.32. The van der Waals surface area contributed by atoms with Gasteiger partial charge in [0.25, 0.3) is 0 Å². The van der Waals surface area contributed by atoms with E-state index in [0.717, 1.165) is 38.5 Å². The number of hydrogen-bond donors (Lipinski definition) is 0. The van der Waals surface area contributed by atoms with Crippen molar-refractivity contribution < 1.29 is 47.5 Å². The lowest BCUT2D eigenvalue weighted by molar-refractivity contribution is -0.214. The monoisotopic (exact) mass is 742 g/mol. The van der Waals surface area contributed by atoms with Crippen LogP contribution in [-0.4, -0.2) is 85.0 Å². The van der Waals surface area contributed by atoms with Crippen LogP contribution in [0, 0.1) is 0 Å². The van der Waals surface area contributed by atoms with Crippen molar-refractivity contribution >= 4 is 34.8 Å². The summed E-state index contributed by atoms with van der Waals surface area (Å²) in [7, 11) is 0.